The second kappa shape index (κ2) is 6.76. The third-order valence-corrected chi connectivity index (χ3v) is 4.24. The highest BCUT2D eigenvalue weighted by Crippen LogP contribution is 2.16. The molecule has 122 valence electrons. The van der Waals surface area contributed by atoms with Gasteiger partial charge in [-0.15, -0.1) is 0 Å². The molecule has 0 N–H and O–H groups in total. The van der Waals surface area contributed by atoms with Gasteiger partial charge in [0.15, 0.2) is 5.82 Å². The molecule has 7 heteroatoms. The molecule has 0 unspecified atom stereocenters. The monoisotopic (exact) mass is 321 g/mol. The number of benzene rings is 1. The lowest BCUT2D eigenvalue weighted by Gasteiger charge is -2.35. The maximum atomic E-state index is 4.42. The van der Waals surface area contributed by atoms with Crippen LogP contribution in [0.15, 0.2) is 55.4 Å². The SMILES string of the molecule is c1ccc(CN2CCN(c3cc(-n4cncn4)ncn3)CC2)cc1. The topological polar surface area (TPSA) is 63.0 Å². The zero-order chi connectivity index (χ0) is 16.2. The molecule has 3 aromatic rings. The van der Waals surface area contributed by atoms with Crippen molar-refractivity contribution in [2.45, 2.75) is 6.54 Å². The summed E-state index contributed by atoms with van der Waals surface area (Å²) in [6.45, 7) is 4.97. The van der Waals surface area contributed by atoms with E-state index >= 15 is 0 Å². The van der Waals surface area contributed by atoms with E-state index in [4.69, 9.17) is 0 Å². The van der Waals surface area contributed by atoms with Crippen LogP contribution in [-0.2, 0) is 6.54 Å². The Kier molecular flexibility index (Phi) is 4.16. The summed E-state index contributed by atoms with van der Waals surface area (Å²) in [5.41, 5.74) is 1.36. The third-order valence-electron chi connectivity index (χ3n) is 4.24. The standard InChI is InChI=1S/C17H19N7/c1-2-4-15(5-3-1)11-22-6-8-23(9-7-22)16-10-17(20-13-19-16)24-14-18-12-21-24/h1-5,10,12-14H,6-9,11H2. The first-order valence-corrected chi connectivity index (χ1v) is 8.07. The van der Waals surface area contributed by atoms with E-state index in [1.807, 2.05) is 6.07 Å². The van der Waals surface area contributed by atoms with Crippen molar-refractivity contribution in [1.82, 2.24) is 29.6 Å². The summed E-state index contributed by atoms with van der Waals surface area (Å²) in [4.78, 5) is 17.4. The average Bonchev–Trinajstić information content (AvgIpc) is 3.18. The molecule has 1 aliphatic rings. The molecular formula is C17H19N7. The largest absolute Gasteiger partial charge is 0.354 e. The molecule has 4 rings (SSSR count). The van der Waals surface area contributed by atoms with Gasteiger partial charge in [-0.2, -0.15) is 5.10 Å². The van der Waals surface area contributed by atoms with Gasteiger partial charge in [-0.1, -0.05) is 30.3 Å². The fourth-order valence-corrected chi connectivity index (χ4v) is 2.94. The number of piperazine rings is 1. The fourth-order valence-electron chi connectivity index (χ4n) is 2.94. The fraction of sp³-hybridized carbons (Fsp3) is 0.294. The lowest BCUT2D eigenvalue weighted by Crippen LogP contribution is -2.46. The molecule has 3 heterocycles. The number of rotatable bonds is 4. The summed E-state index contributed by atoms with van der Waals surface area (Å²) in [6.07, 6.45) is 4.73. The summed E-state index contributed by atoms with van der Waals surface area (Å²) in [6, 6.07) is 12.6. The van der Waals surface area contributed by atoms with E-state index in [1.165, 1.54) is 11.9 Å². The van der Waals surface area contributed by atoms with Crippen molar-refractivity contribution in [3.05, 3.63) is 60.9 Å². The van der Waals surface area contributed by atoms with Crippen LogP contribution in [0.4, 0.5) is 5.82 Å². The van der Waals surface area contributed by atoms with Crippen LogP contribution >= 0.6 is 0 Å². The Bertz CT molecular complexity index is 765. The highest BCUT2D eigenvalue weighted by molar-refractivity contribution is 5.43. The molecule has 0 saturated carbocycles. The van der Waals surface area contributed by atoms with E-state index in [1.54, 1.807) is 17.3 Å². The van der Waals surface area contributed by atoms with Gasteiger partial charge in [-0.3, -0.25) is 4.90 Å². The molecule has 0 amide bonds. The minimum atomic E-state index is 0.740. The minimum absolute atomic E-state index is 0.740. The predicted octanol–water partition coefficient (Wildman–Crippen LogP) is 1.38. The van der Waals surface area contributed by atoms with Gasteiger partial charge < -0.3 is 4.90 Å². The molecule has 0 radical (unpaired) electrons. The highest BCUT2D eigenvalue weighted by Gasteiger charge is 2.18. The smallest absolute Gasteiger partial charge is 0.160 e. The Balaban J connectivity index is 1.40. The molecule has 0 bridgehead atoms. The Morgan fingerprint density at radius 3 is 2.42 bits per heavy atom. The Morgan fingerprint density at radius 1 is 0.875 bits per heavy atom. The minimum Gasteiger partial charge on any atom is -0.354 e. The summed E-state index contributed by atoms with van der Waals surface area (Å²) in [5, 5.41) is 4.12. The van der Waals surface area contributed by atoms with Gasteiger partial charge in [0.2, 0.25) is 0 Å². The molecule has 1 aliphatic heterocycles. The normalized spacial score (nSPS) is 15.6. The van der Waals surface area contributed by atoms with Crippen LogP contribution in [0.1, 0.15) is 5.56 Å². The number of anilines is 1. The van der Waals surface area contributed by atoms with Crippen LogP contribution < -0.4 is 4.90 Å². The van der Waals surface area contributed by atoms with Crippen molar-refractivity contribution in [2.75, 3.05) is 31.1 Å². The van der Waals surface area contributed by atoms with E-state index in [-0.39, 0.29) is 0 Å². The van der Waals surface area contributed by atoms with Crippen LogP contribution in [0.5, 0.6) is 0 Å². The van der Waals surface area contributed by atoms with E-state index < -0.39 is 0 Å². The second-order valence-electron chi connectivity index (χ2n) is 5.82. The van der Waals surface area contributed by atoms with E-state index in [9.17, 15) is 0 Å². The van der Waals surface area contributed by atoms with Gasteiger partial charge in [0.1, 0.15) is 24.8 Å². The summed E-state index contributed by atoms with van der Waals surface area (Å²) >= 11 is 0. The van der Waals surface area contributed by atoms with Crippen LogP contribution in [0.2, 0.25) is 0 Å². The zero-order valence-electron chi connectivity index (χ0n) is 13.4. The number of aromatic nitrogens is 5. The van der Waals surface area contributed by atoms with Gasteiger partial charge in [-0.05, 0) is 5.56 Å². The first kappa shape index (κ1) is 14.8. The van der Waals surface area contributed by atoms with Crippen LogP contribution in [0.25, 0.3) is 5.82 Å². The molecule has 2 aromatic heterocycles. The molecule has 1 saturated heterocycles. The summed E-state index contributed by atoms with van der Waals surface area (Å²) in [5.74, 6) is 1.68. The predicted molar refractivity (Wildman–Crippen MR) is 90.9 cm³/mol. The average molecular weight is 321 g/mol. The second-order valence-corrected chi connectivity index (χ2v) is 5.82. The first-order chi connectivity index (χ1) is 11.9. The van der Waals surface area contributed by atoms with Crippen LogP contribution in [-0.4, -0.2) is 55.8 Å². The van der Waals surface area contributed by atoms with Crippen molar-refractivity contribution >= 4 is 5.82 Å². The first-order valence-electron chi connectivity index (χ1n) is 8.07. The molecule has 0 aliphatic carbocycles. The maximum Gasteiger partial charge on any atom is 0.160 e. The molecule has 1 aromatic carbocycles. The highest BCUT2D eigenvalue weighted by atomic mass is 15.4. The van der Waals surface area contributed by atoms with Crippen LogP contribution in [0.3, 0.4) is 0 Å². The van der Waals surface area contributed by atoms with Crippen LogP contribution in [0, 0.1) is 0 Å². The molecule has 0 atom stereocenters. The molecule has 24 heavy (non-hydrogen) atoms. The lowest BCUT2D eigenvalue weighted by atomic mass is 10.2. The lowest BCUT2D eigenvalue weighted by molar-refractivity contribution is 0.249. The quantitative estimate of drug-likeness (QED) is 0.723. The number of hydrogen-bond donors (Lipinski definition) is 0. The van der Waals surface area contributed by atoms with Gasteiger partial charge >= 0.3 is 0 Å². The molecule has 0 spiro atoms. The Labute approximate surface area is 140 Å². The summed E-state index contributed by atoms with van der Waals surface area (Å²) < 4.78 is 1.65. The van der Waals surface area contributed by atoms with E-state index in [0.29, 0.717) is 0 Å². The summed E-state index contributed by atoms with van der Waals surface area (Å²) in [7, 11) is 0. The van der Waals surface area contributed by atoms with E-state index in [2.05, 4.69) is 60.2 Å². The van der Waals surface area contributed by atoms with Gasteiger partial charge in [0, 0.05) is 38.8 Å². The van der Waals surface area contributed by atoms with Gasteiger partial charge in [0.25, 0.3) is 0 Å². The molecule has 7 nitrogen and oxygen atoms in total. The van der Waals surface area contributed by atoms with E-state index in [0.717, 1.165) is 44.4 Å². The maximum absolute atomic E-state index is 4.42. The van der Waals surface area contributed by atoms with Crippen molar-refractivity contribution in [3.63, 3.8) is 0 Å². The van der Waals surface area contributed by atoms with Crippen molar-refractivity contribution in [2.24, 2.45) is 0 Å². The molecular weight excluding hydrogens is 302 g/mol. The Hall–Kier alpha value is -2.80. The third kappa shape index (κ3) is 3.26. The van der Waals surface area contributed by atoms with Crippen molar-refractivity contribution in [1.29, 1.82) is 0 Å². The van der Waals surface area contributed by atoms with Crippen molar-refractivity contribution in [3.8, 4) is 5.82 Å². The number of hydrogen-bond acceptors (Lipinski definition) is 6. The van der Waals surface area contributed by atoms with Gasteiger partial charge in [0.05, 0.1) is 0 Å². The zero-order valence-corrected chi connectivity index (χ0v) is 13.4. The Morgan fingerprint density at radius 2 is 1.67 bits per heavy atom. The number of nitrogens with zero attached hydrogens (tertiary/aromatic N) is 7. The van der Waals surface area contributed by atoms with Crippen molar-refractivity contribution < 1.29 is 0 Å². The molecule has 1 fully saturated rings. The van der Waals surface area contributed by atoms with Gasteiger partial charge in [-0.25, -0.2) is 19.6 Å².